The van der Waals surface area contributed by atoms with Gasteiger partial charge in [-0.25, -0.2) is 9.37 Å². The second-order valence-corrected chi connectivity index (χ2v) is 9.85. The minimum atomic E-state index is -0.646. The van der Waals surface area contributed by atoms with Crippen molar-refractivity contribution >= 4 is 40.1 Å². The van der Waals surface area contributed by atoms with Crippen molar-refractivity contribution < 1.29 is 23.5 Å². The normalized spacial score (nSPS) is 15.9. The Morgan fingerprint density at radius 1 is 1.07 bits per heavy atom. The minimum Gasteiger partial charge on any atom is -0.378 e. The number of anilines is 2. The summed E-state index contributed by atoms with van der Waals surface area (Å²) in [7, 11) is 0. The number of rotatable bonds is 7. The highest BCUT2D eigenvalue weighted by molar-refractivity contribution is 6.04. The van der Waals surface area contributed by atoms with Gasteiger partial charge in [0.15, 0.2) is 0 Å². The Kier molecular flexibility index (Phi) is 8.39. The van der Waals surface area contributed by atoms with Crippen LogP contribution in [0.25, 0.3) is 10.9 Å². The van der Waals surface area contributed by atoms with E-state index in [4.69, 9.17) is 4.74 Å². The molecule has 3 aromatic rings. The van der Waals surface area contributed by atoms with Crippen LogP contribution in [0.1, 0.15) is 17.4 Å². The molecule has 2 aliphatic rings. The quantitative estimate of drug-likeness (QED) is 0.348. The van der Waals surface area contributed by atoms with E-state index in [1.54, 1.807) is 40.3 Å². The summed E-state index contributed by atoms with van der Waals surface area (Å²) < 4.78 is 21.7. The van der Waals surface area contributed by atoms with Crippen LogP contribution < -0.4 is 10.2 Å². The van der Waals surface area contributed by atoms with Crippen molar-refractivity contribution in [3.8, 4) is 0 Å². The monoisotopic (exact) mass is 561 g/mol. The molecule has 0 saturated carbocycles. The fourth-order valence-electron chi connectivity index (χ4n) is 4.85. The Morgan fingerprint density at radius 2 is 1.80 bits per heavy atom. The van der Waals surface area contributed by atoms with Crippen molar-refractivity contribution in [2.45, 2.75) is 13.5 Å². The van der Waals surface area contributed by atoms with Gasteiger partial charge in [-0.05, 0) is 25.1 Å². The van der Waals surface area contributed by atoms with Crippen molar-refractivity contribution in [2.75, 3.05) is 62.7 Å². The first kappa shape index (κ1) is 28.0. The first-order chi connectivity index (χ1) is 19.8. The minimum absolute atomic E-state index is 0.00718. The van der Waals surface area contributed by atoms with Gasteiger partial charge in [-0.1, -0.05) is 24.8 Å². The maximum absolute atomic E-state index is 14.9. The molecule has 0 bridgehead atoms. The molecule has 214 valence electrons. The largest absolute Gasteiger partial charge is 0.378 e. The second kappa shape index (κ2) is 12.3. The Bertz CT molecular complexity index is 1500. The zero-order valence-electron chi connectivity index (χ0n) is 22.9. The maximum atomic E-state index is 14.9. The van der Waals surface area contributed by atoms with Crippen molar-refractivity contribution in [3.05, 3.63) is 72.3 Å². The molecular weight excluding hydrogens is 529 g/mol. The van der Waals surface area contributed by atoms with Gasteiger partial charge in [0, 0.05) is 62.5 Å². The van der Waals surface area contributed by atoms with E-state index in [2.05, 4.69) is 22.0 Å². The average molecular weight is 562 g/mol. The van der Waals surface area contributed by atoms with Gasteiger partial charge < -0.3 is 24.8 Å². The smallest absolute Gasteiger partial charge is 0.274 e. The number of nitrogens with one attached hydrogen (secondary N) is 1. The number of aromatic nitrogens is 3. The van der Waals surface area contributed by atoms with E-state index in [0.717, 1.165) is 0 Å². The molecule has 2 aliphatic heterocycles. The zero-order chi connectivity index (χ0) is 28.9. The van der Waals surface area contributed by atoms with Gasteiger partial charge in [0.05, 0.1) is 24.4 Å². The topological polar surface area (TPSA) is 113 Å². The molecule has 1 N–H and O–H groups in total. The molecular formula is C29H32FN7O4. The Morgan fingerprint density at radius 3 is 2.54 bits per heavy atom. The van der Waals surface area contributed by atoms with Gasteiger partial charge in [-0.3, -0.25) is 19.1 Å². The van der Waals surface area contributed by atoms with Crippen LogP contribution in [0.3, 0.4) is 0 Å². The number of amides is 3. The number of pyridine rings is 1. The molecule has 1 aromatic carbocycles. The molecule has 0 radical (unpaired) electrons. The predicted molar refractivity (Wildman–Crippen MR) is 152 cm³/mol. The van der Waals surface area contributed by atoms with Crippen LogP contribution >= 0.6 is 0 Å². The van der Waals surface area contributed by atoms with Crippen molar-refractivity contribution in [2.24, 2.45) is 0 Å². The molecule has 2 fully saturated rings. The van der Waals surface area contributed by atoms with E-state index in [-0.39, 0.29) is 29.7 Å². The van der Waals surface area contributed by atoms with E-state index in [0.29, 0.717) is 74.8 Å². The molecule has 4 heterocycles. The van der Waals surface area contributed by atoms with E-state index in [9.17, 15) is 18.8 Å². The summed E-state index contributed by atoms with van der Waals surface area (Å²) in [6, 6.07) is 7.86. The molecule has 0 atom stereocenters. The number of morpholine rings is 1. The highest BCUT2D eigenvalue weighted by Gasteiger charge is 2.25. The highest BCUT2D eigenvalue weighted by Crippen LogP contribution is 2.23. The molecule has 2 saturated heterocycles. The van der Waals surface area contributed by atoms with Crippen molar-refractivity contribution in [1.29, 1.82) is 0 Å². The van der Waals surface area contributed by atoms with Crippen LogP contribution in [0.5, 0.6) is 0 Å². The number of benzene rings is 1. The van der Waals surface area contributed by atoms with Gasteiger partial charge in [-0.2, -0.15) is 5.10 Å². The molecule has 11 nitrogen and oxygen atoms in total. The third-order valence-corrected chi connectivity index (χ3v) is 7.05. The fourth-order valence-corrected chi connectivity index (χ4v) is 4.85. The number of hydrogen-bond donors (Lipinski definition) is 1. The number of allylic oxidation sites excluding steroid dienone is 1. The molecule has 12 heteroatoms. The number of carbonyl (C=O) groups excluding carboxylic acids is 3. The molecule has 0 spiro atoms. The van der Waals surface area contributed by atoms with E-state index in [1.807, 2.05) is 17.9 Å². The third-order valence-electron chi connectivity index (χ3n) is 7.05. The lowest BCUT2D eigenvalue weighted by molar-refractivity contribution is -0.138. The van der Waals surface area contributed by atoms with E-state index in [1.165, 1.54) is 16.8 Å². The van der Waals surface area contributed by atoms with Crippen LogP contribution in [0.2, 0.25) is 0 Å². The number of carbonyl (C=O) groups is 3. The van der Waals surface area contributed by atoms with Gasteiger partial charge in [-0.15, -0.1) is 0 Å². The second-order valence-electron chi connectivity index (χ2n) is 9.85. The molecule has 2 aromatic heterocycles. The number of piperazine rings is 1. The zero-order valence-corrected chi connectivity index (χ0v) is 22.9. The fraction of sp³-hybridized carbons (Fsp3) is 0.345. The summed E-state index contributed by atoms with van der Waals surface area (Å²) >= 11 is 0. The van der Waals surface area contributed by atoms with Crippen molar-refractivity contribution in [1.82, 2.24) is 24.6 Å². The van der Waals surface area contributed by atoms with E-state index < -0.39 is 11.7 Å². The summed E-state index contributed by atoms with van der Waals surface area (Å²) in [5, 5.41) is 7.52. The molecule has 0 aliphatic carbocycles. The highest BCUT2D eigenvalue weighted by atomic mass is 19.1. The van der Waals surface area contributed by atoms with Gasteiger partial charge in [0.1, 0.15) is 23.9 Å². The number of fused-ring (bicyclic) bond motifs is 1. The number of ether oxygens (including phenoxy) is 1. The van der Waals surface area contributed by atoms with Gasteiger partial charge >= 0.3 is 0 Å². The van der Waals surface area contributed by atoms with E-state index >= 15 is 0 Å². The third kappa shape index (κ3) is 6.43. The molecule has 0 unspecified atom stereocenters. The average Bonchev–Trinajstić information content (AvgIpc) is 3.38. The summed E-state index contributed by atoms with van der Waals surface area (Å²) in [6.45, 7) is 9.76. The molecule has 41 heavy (non-hydrogen) atoms. The van der Waals surface area contributed by atoms with Crippen molar-refractivity contribution in [3.63, 3.8) is 0 Å². The number of halogens is 1. The number of nitrogens with zero attached hydrogens (tertiary/aromatic N) is 6. The van der Waals surface area contributed by atoms with Gasteiger partial charge in [0.2, 0.25) is 5.91 Å². The number of hydrogen-bond acceptors (Lipinski definition) is 7. The summed E-state index contributed by atoms with van der Waals surface area (Å²) in [6.07, 6.45) is 5.07. The predicted octanol–water partition coefficient (Wildman–Crippen LogP) is 2.46. The Labute approximate surface area is 236 Å². The van der Waals surface area contributed by atoms with Crippen LogP contribution in [-0.2, 0) is 20.9 Å². The molecule has 5 rings (SSSR count). The summed E-state index contributed by atoms with van der Waals surface area (Å²) in [5.74, 6) is -0.814. The lowest BCUT2D eigenvalue weighted by atomic mass is 10.2. The van der Waals surface area contributed by atoms with Crippen LogP contribution in [-0.4, -0.2) is 94.8 Å². The van der Waals surface area contributed by atoms with Crippen LogP contribution in [0, 0.1) is 5.82 Å². The Balaban J connectivity index is 1.21. The van der Waals surface area contributed by atoms with Gasteiger partial charge in [0.25, 0.3) is 11.8 Å². The SMILES string of the molecule is C=C(/C=C\C)C(=O)N1CCN(C(=O)Cn2cc3cc(NC(=O)c4cccc(N5CCOCC5)n4)c(F)cc3n2)CC1. The van der Waals surface area contributed by atoms with Crippen LogP contribution in [0.4, 0.5) is 15.9 Å². The standard InChI is InChI=1S/C29H32FN7O4/c1-3-5-20(2)29(40)36-10-8-35(9-11-36)27(38)19-37-18-21-16-25(22(30)17-24(21)33-37)32-28(39)23-6-4-7-26(31-23)34-12-14-41-15-13-34/h3-7,16-18H,2,8-15,19H2,1H3,(H,32,39)/b5-3-. The summed E-state index contributed by atoms with van der Waals surface area (Å²) in [5.41, 5.74) is 0.935. The van der Waals surface area contributed by atoms with Crippen LogP contribution in [0.15, 0.2) is 60.8 Å². The summed E-state index contributed by atoms with van der Waals surface area (Å²) in [4.78, 5) is 48.1. The lowest BCUT2D eigenvalue weighted by Crippen LogP contribution is -2.51. The first-order valence-corrected chi connectivity index (χ1v) is 13.5. The first-order valence-electron chi connectivity index (χ1n) is 13.5. The molecule has 3 amide bonds. The maximum Gasteiger partial charge on any atom is 0.274 e. The lowest BCUT2D eigenvalue weighted by Gasteiger charge is -2.34. The Hall–Kier alpha value is -4.58.